The molecule has 1 fully saturated rings. The Hall–Kier alpha value is -0.0400. The first kappa shape index (κ1) is 12.0. The van der Waals surface area contributed by atoms with Crippen LogP contribution in [0.3, 0.4) is 0 Å². The van der Waals surface area contributed by atoms with E-state index in [0.717, 1.165) is 24.4 Å². The predicted octanol–water partition coefficient (Wildman–Crippen LogP) is 3.59. The highest BCUT2D eigenvalue weighted by Gasteiger charge is 2.25. The lowest BCUT2D eigenvalue weighted by molar-refractivity contribution is 0.351. The summed E-state index contributed by atoms with van der Waals surface area (Å²) in [6.45, 7) is 8.03. The molecule has 0 aromatic heterocycles. The molecule has 1 rings (SSSR count). The Morgan fingerprint density at radius 3 is 2.43 bits per heavy atom. The third-order valence-corrected chi connectivity index (χ3v) is 3.86. The van der Waals surface area contributed by atoms with E-state index in [9.17, 15) is 0 Å². The van der Waals surface area contributed by atoms with Gasteiger partial charge in [0.1, 0.15) is 0 Å². The van der Waals surface area contributed by atoms with Gasteiger partial charge in [0, 0.05) is 6.04 Å². The van der Waals surface area contributed by atoms with E-state index in [1.54, 1.807) is 0 Å². The van der Waals surface area contributed by atoms with E-state index in [-0.39, 0.29) is 0 Å². The van der Waals surface area contributed by atoms with Crippen LogP contribution in [0.1, 0.15) is 59.3 Å². The highest BCUT2D eigenvalue weighted by molar-refractivity contribution is 4.81. The van der Waals surface area contributed by atoms with Gasteiger partial charge in [-0.25, -0.2) is 0 Å². The monoisotopic (exact) mass is 197 g/mol. The van der Waals surface area contributed by atoms with Crippen molar-refractivity contribution in [1.82, 2.24) is 5.32 Å². The standard InChI is InChI=1S/C13H27N/c1-4-11(5-2)9-12-7-8-13(10-12)14-6-3/h11-14H,4-10H2,1-3H3. The van der Waals surface area contributed by atoms with Gasteiger partial charge in [-0.05, 0) is 44.1 Å². The Balaban J connectivity index is 2.21. The zero-order valence-corrected chi connectivity index (χ0v) is 10.2. The van der Waals surface area contributed by atoms with Crippen molar-refractivity contribution in [3.05, 3.63) is 0 Å². The second-order valence-corrected chi connectivity index (χ2v) is 4.85. The maximum atomic E-state index is 3.58. The molecule has 0 saturated heterocycles. The maximum Gasteiger partial charge on any atom is 0.00696 e. The molecule has 1 nitrogen and oxygen atoms in total. The van der Waals surface area contributed by atoms with Gasteiger partial charge in [-0.15, -0.1) is 0 Å². The van der Waals surface area contributed by atoms with E-state index in [0.29, 0.717) is 0 Å². The first-order valence-electron chi connectivity index (χ1n) is 6.53. The van der Waals surface area contributed by atoms with Crippen LogP contribution in [0.5, 0.6) is 0 Å². The summed E-state index contributed by atoms with van der Waals surface area (Å²) in [5.41, 5.74) is 0. The molecule has 1 heteroatoms. The van der Waals surface area contributed by atoms with Crippen LogP contribution in [0.25, 0.3) is 0 Å². The normalized spacial score (nSPS) is 27.4. The van der Waals surface area contributed by atoms with Crippen LogP contribution in [-0.4, -0.2) is 12.6 Å². The summed E-state index contributed by atoms with van der Waals surface area (Å²) in [5.74, 6) is 2.00. The van der Waals surface area contributed by atoms with Crippen LogP contribution in [-0.2, 0) is 0 Å². The fourth-order valence-corrected chi connectivity index (χ4v) is 2.86. The summed E-state index contributed by atoms with van der Waals surface area (Å²) in [5, 5.41) is 3.58. The smallest absolute Gasteiger partial charge is 0.00696 e. The Bertz CT molecular complexity index is 140. The quantitative estimate of drug-likeness (QED) is 0.686. The molecule has 0 aromatic rings. The average molecular weight is 197 g/mol. The van der Waals surface area contributed by atoms with Crippen molar-refractivity contribution in [2.24, 2.45) is 11.8 Å². The highest BCUT2D eigenvalue weighted by Crippen LogP contribution is 2.32. The molecule has 0 heterocycles. The lowest BCUT2D eigenvalue weighted by atomic mass is 9.89. The molecule has 1 aliphatic carbocycles. The summed E-state index contributed by atoms with van der Waals surface area (Å²) >= 11 is 0. The van der Waals surface area contributed by atoms with Crippen LogP contribution >= 0.6 is 0 Å². The number of nitrogens with one attached hydrogen (secondary N) is 1. The van der Waals surface area contributed by atoms with Crippen molar-refractivity contribution >= 4 is 0 Å². The number of rotatable bonds is 6. The van der Waals surface area contributed by atoms with E-state index >= 15 is 0 Å². The van der Waals surface area contributed by atoms with Crippen molar-refractivity contribution in [1.29, 1.82) is 0 Å². The van der Waals surface area contributed by atoms with E-state index in [2.05, 4.69) is 26.1 Å². The van der Waals surface area contributed by atoms with Crippen molar-refractivity contribution in [2.75, 3.05) is 6.54 Å². The van der Waals surface area contributed by atoms with Crippen molar-refractivity contribution in [3.63, 3.8) is 0 Å². The molecule has 0 bridgehead atoms. The lowest BCUT2D eigenvalue weighted by Crippen LogP contribution is -2.25. The molecule has 1 N–H and O–H groups in total. The average Bonchev–Trinajstić information content (AvgIpc) is 2.63. The molecule has 84 valence electrons. The van der Waals surface area contributed by atoms with Gasteiger partial charge < -0.3 is 5.32 Å². The van der Waals surface area contributed by atoms with Crippen LogP contribution < -0.4 is 5.32 Å². The molecule has 1 saturated carbocycles. The SMILES string of the molecule is CCNC1CCC(CC(CC)CC)C1. The van der Waals surface area contributed by atoms with E-state index in [1.807, 2.05) is 0 Å². The van der Waals surface area contributed by atoms with Gasteiger partial charge in [0.05, 0.1) is 0 Å². The minimum atomic E-state index is 0.833. The third kappa shape index (κ3) is 3.61. The Morgan fingerprint density at radius 2 is 1.86 bits per heavy atom. The van der Waals surface area contributed by atoms with Gasteiger partial charge in [0.2, 0.25) is 0 Å². The van der Waals surface area contributed by atoms with Gasteiger partial charge in [-0.3, -0.25) is 0 Å². The van der Waals surface area contributed by atoms with Crippen molar-refractivity contribution < 1.29 is 0 Å². The first-order chi connectivity index (χ1) is 6.80. The minimum Gasteiger partial charge on any atom is -0.314 e. The van der Waals surface area contributed by atoms with Gasteiger partial charge >= 0.3 is 0 Å². The summed E-state index contributed by atoms with van der Waals surface area (Å²) in [6, 6.07) is 0.833. The number of hydrogen-bond acceptors (Lipinski definition) is 1. The molecule has 0 amide bonds. The molecular weight excluding hydrogens is 170 g/mol. The minimum absolute atomic E-state index is 0.833. The fourth-order valence-electron chi connectivity index (χ4n) is 2.86. The van der Waals surface area contributed by atoms with Gasteiger partial charge in [0.15, 0.2) is 0 Å². The summed E-state index contributed by atoms with van der Waals surface area (Å²) in [7, 11) is 0. The Morgan fingerprint density at radius 1 is 1.14 bits per heavy atom. The summed E-state index contributed by atoms with van der Waals surface area (Å²) in [6.07, 6.45) is 8.55. The third-order valence-electron chi connectivity index (χ3n) is 3.86. The second-order valence-electron chi connectivity index (χ2n) is 4.85. The molecule has 14 heavy (non-hydrogen) atoms. The van der Waals surface area contributed by atoms with E-state index < -0.39 is 0 Å². The van der Waals surface area contributed by atoms with Crippen molar-refractivity contribution in [2.45, 2.75) is 65.3 Å². The lowest BCUT2D eigenvalue weighted by Gasteiger charge is -2.17. The van der Waals surface area contributed by atoms with E-state index in [1.165, 1.54) is 38.5 Å². The van der Waals surface area contributed by atoms with Crippen LogP contribution in [0.4, 0.5) is 0 Å². The van der Waals surface area contributed by atoms with Gasteiger partial charge in [-0.1, -0.05) is 33.6 Å². The fraction of sp³-hybridized carbons (Fsp3) is 1.00. The first-order valence-corrected chi connectivity index (χ1v) is 6.53. The summed E-state index contributed by atoms with van der Waals surface area (Å²) in [4.78, 5) is 0. The molecule has 2 atom stereocenters. The van der Waals surface area contributed by atoms with Crippen LogP contribution in [0, 0.1) is 11.8 Å². The Labute approximate surface area is 89.7 Å². The largest absolute Gasteiger partial charge is 0.314 e. The Kier molecular flexibility index (Phi) is 5.54. The molecule has 2 unspecified atom stereocenters. The van der Waals surface area contributed by atoms with Crippen LogP contribution in [0.2, 0.25) is 0 Å². The highest BCUT2D eigenvalue weighted by atomic mass is 14.9. The van der Waals surface area contributed by atoms with Gasteiger partial charge in [-0.2, -0.15) is 0 Å². The molecular formula is C13H27N. The molecule has 0 radical (unpaired) electrons. The maximum absolute atomic E-state index is 3.58. The molecule has 1 aliphatic rings. The zero-order valence-electron chi connectivity index (χ0n) is 10.2. The summed E-state index contributed by atoms with van der Waals surface area (Å²) < 4.78 is 0. The van der Waals surface area contributed by atoms with Gasteiger partial charge in [0.25, 0.3) is 0 Å². The van der Waals surface area contributed by atoms with Crippen LogP contribution in [0.15, 0.2) is 0 Å². The second kappa shape index (κ2) is 6.44. The van der Waals surface area contributed by atoms with E-state index in [4.69, 9.17) is 0 Å². The topological polar surface area (TPSA) is 12.0 Å². The molecule has 0 spiro atoms. The van der Waals surface area contributed by atoms with Crippen molar-refractivity contribution in [3.8, 4) is 0 Å². The number of hydrogen-bond donors (Lipinski definition) is 1. The molecule has 0 aromatic carbocycles. The molecule has 0 aliphatic heterocycles. The zero-order chi connectivity index (χ0) is 10.4. The predicted molar refractivity (Wildman–Crippen MR) is 63.5 cm³/mol.